The summed E-state index contributed by atoms with van der Waals surface area (Å²) in [5, 5.41) is 0.374. The highest BCUT2D eigenvalue weighted by Crippen LogP contribution is 2.20. The molecule has 5 heteroatoms. The van der Waals surface area contributed by atoms with Crippen LogP contribution >= 0.6 is 23.4 Å². The van der Waals surface area contributed by atoms with Crippen molar-refractivity contribution < 1.29 is 0 Å². The fourth-order valence-corrected chi connectivity index (χ4v) is 3.16. The molecule has 0 amide bonds. The maximum atomic E-state index is 12.7. The smallest absolute Gasteiger partial charge is 0.261 e. The Morgan fingerprint density at radius 3 is 2.70 bits per heavy atom. The van der Waals surface area contributed by atoms with Crippen molar-refractivity contribution in [2.24, 2.45) is 5.92 Å². The molecule has 0 spiro atoms. The summed E-state index contributed by atoms with van der Waals surface area (Å²) in [7, 11) is 0. The largest absolute Gasteiger partial charge is 0.295 e. The molecule has 20 heavy (non-hydrogen) atoms. The molecule has 2 unspecified atom stereocenters. The average molecular weight is 311 g/mol. The number of thioether (sulfide) groups is 1. The number of para-hydroxylation sites is 1. The van der Waals surface area contributed by atoms with E-state index >= 15 is 0 Å². The second-order valence-electron chi connectivity index (χ2n) is 5.08. The van der Waals surface area contributed by atoms with Crippen LogP contribution in [0.4, 0.5) is 0 Å². The third-order valence-electron chi connectivity index (χ3n) is 3.19. The minimum absolute atomic E-state index is 0.00560. The van der Waals surface area contributed by atoms with Gasteiger partial charge in [-0.25, -0.2) is 4.98 Å². The molecule has 1 heterocycles. The van der Waals surface area contributed by atoms with Gasteiger partial charge in [-0.3, -0.25) is 9.36 Å². The van der Waals surface area contributed by atoms with E-state index in [-0.39, 0.29) is 10.9 Å². The van der Waals surface area contributed by atoms with Crippen LogP contribution in [0.25, 0.3) is 10.9 Å². The van der Waals surface area contributed by atoms with Crippen molar-refractivity contribution in [1.82, 2.24) is 9.55 Å². The summed E-state index contributed by atoms with van der Waals surface area (Å²) in [5.41, 5.74) is 0.722. The van der Waals surface area contributed by atoms with Gasteiger partial charge in [0.05, 0.1) is 16.3 Å². The van der Waals surface area contributed by atoms with E-state index < -0.39 is 0 Å². The van der Waals surface area contributed by atoms with Crippen molar-refractivity contribution in [2.45, 2.75) is 25.8 Å². The van der Waals surface area contributed by atoms with Crippen molar-refractivity contribution in [1.29, 1.82) is 0 Å². The van der Waals surface area contributed by atoms with E-state index in [0.29, 0.717) is 29.2 Å². The Morgan fingerprint density at radius 2 is 2.05 bits per heavy atom. The predicted octanol–water partition coefficient (Wildman–Crippen LogP) is 3.70. The molecule has 1 aromatic heterocycles. The van der Waals surface area contributed by atoms with Gasteiger partial charge in [-0.1, -0.05) is 19.1 Å². The molecule has 0 saturated heterocycles. The van der Waals surface area contributed by atoms with E-state index in [1.54, 1.807) is 16.3 Å². The fourth-order valence-electron chi connectivity index (χ4n) is 2.31. The molecule has 0 fully saturated rings. The first-order chi connectivity index (χ1) is 9.54. The van der Waals surface area contributed by atoms with Gasteiger partial charge in [0.25, 0.3) is 5.56 Å². The van der Waals surface area contributed by atoms with Gasteiger partial charge < -0.3 is 0 Å². The SMILES string of the molecule is CSCC(C)Cn1c(C(C)Cl)nc2ccccc2c1=O. The number of rotatable bonds is 5. The molecule has 2 rings (SSSR count). The van der Waals surface area contributed by atoms with Crippen molar-refractivity contribution in [3.63, 3.8) is 0 Å². The summed E-state index contributed by atoms with van der Waals surface area (Å²) in [5.74, 6) is 2.07. The lowest BCUT2D eigenvalue weighted by atomic mass is 10.2. The van der Waals surface area contributed by atoms with Gasteiger partial charge in [0.2, 0.25) is 0 Å². The molecular weight excluding hydrogens is 292 g/mol. The molecular formula is C15H19ClN2OS. The molecule has 0 aliphatic carbocycles. The van der Waals surface area contributed by atoms with Gasteiger partial charge in [0, 0.05) is 6.54 Å². The first kappa shape index (κ1) is 15.4. The average Bonchev–Trinajstić information content (AvgIpc) is 2.42. The van der Waals surface area contributed by atoms with E-state index in [0.717, 1.165) is 5.75 Å². The number of hydrogen-bond donors (Lipinski definition) is 0. The molecule has 3 nitrogen and oxygen atoms in total. The summed E-state index contributed by atoms with van der Waals surface area (Å²) in [4.78, 5) is 17.2. The van der Waals surface area contributed by atoms with Crippen LogP contribution in [0, 0.1) is 5.92 Å². The highest BCUT2D eigenvalue weighted by atomic mass is 35.5. The maximum Gasteiger partial charge on any atom is 0.261 e. The van der Waals surface area contributed by atoms with Crippen LogP contribution in [-0.2, 0) is 6.54 Å². The summed E-state index contributed by atoms with van der Waals surface area (Å²) in [6, 6.07) is 7.43. The first-order valence-corrected chi connectivity index (χ1v) is 8.50. The van der Waals surface area contributed by atoms with Crippen LogP contribution in [0.15, 0.2) is 29.1 Å². The van der Waals surface area contributed by atoms with Gasteiger partial charge in [-0.05, 0) is 37.0 Å². The minimum Gasteiger partial charge on any atom is -0.295 e. The lowest BCUT2D eigenvalue weighted by Crippen LogP contribution is -2.28. The number of hydrogen-bond acceptors (Lipinski definition) is 3. The van der Waals surface area contributed by atoms with E-state index in [9.17, 15) is 4.79 Å². The highest BCUT2D eigenvalue weighted by molar-refractivity contribution is 7.98. The van der Waals surface area contributed by atoms with Crippen LogP contribution in [-0.4, -0.2) is 21.6 Å². The van der Waals surface area contributed by atoms with Crippen LogP contribution in [0.2, 0.25) is 0 Å². The van der Waals surface area contributed by atoms with Gasteiger partial charge >= 0.3 is 0 Å². The molecule has 0 aliphatic heterocycles. The van der Waals surface area contributed by atoms with Crippen LogP contribution in [0.1, 0.15) is 25.0 Å². The van der Waals surface area contributed by atoms with Gasteiger partial charge in [-0.2, -0.15) is 11.8 Å². The van der Waals surface area contributed by atoms with Crippen molar-refractivity contribution in [3.8, 4) is 0 Å². The molecule has 108 valence electrons. The number of fused-ring (bicyclic) bond motifs is 1. The van der Waals surface area contributed by atoms with Gasteiger partial charge in [0.1, 0.15) is 5.82 Å². The molecule has 0 aliphatic rings. The zero-order valence-electron chi connectivity index (χ0n) is 12.0. The van der Waals surface area contributed by atoms with Crippen LogP contribution in [0.3, 0.4) is 0 Å². The van der Waals surface area contributed by atoms with E-state index in [1.165, 1.54) is 0 Å². The third-order valence-corrected chi connectivity index (χ3v) is 4.29. The number of halogens is 1. The van der Waals surface area contributed by atoms with Gasteiger partial charge in [0.15, 0.2) is 0 Å². The molecule has 0 bridgehead atoms. The van der Waals surface area contributed by atoms with E-state index in [4.69, 9.17) is 11.6 Å². The molecule has 0 N–H and O–H groups in total. The topological polar surface area (TPSA) is 34.9 Å². The maximum absolute atomic E-state index is 12.7. The zero-order valence-corrected chi connectivity index (χ0v) is 13.5. The zero-order chi connectivity index (χ0) is 14.7. The molecule has 0 radical (unpaired) electrons. The monoisotopic (exact) mass is 310 g/mol. The number of nitrogens with zero attached hydrogens (tertiary/aromatic N) is 2. The normalized spacial score (nSPS) is 14.4. The van der Waals surface area contributed by atoms with Crippen molar-refractivity contribution in [3.05, 3.63) is 40.4 Å². The molecule has 2 aromatic rings. The standard InChI is InChI=1S/C15H19ClN2OS/c1-10(9-20-3)8-18-14(11(2)16)17-13-7-5-4-6-12(13)15(18)19/h4-7,10-11H,8-9H2,1-3H3. The predicted molar refractivity (Wildman–Crippen MR) is 87.8 cm³/mol. The minimum atomic E-state index is -0.284. The Bertz CT molecular complexity index is 654. The lowest BCUT2D eigenvalue weighted by Gasteiger charge is -2.18. The second-order valence-corrected chi connectivity index (χ2v) is 6.64. The Hall–Kier alpha value is -1.00. The van der Waals surface area contributed by atoms with Crippen molar-refractivity contribution >= 4 is 34.3 Å². The molecule has 1 aromatic carbocycles. The third kappa shape index (κ3) is 3.18. The van der Waals surface area contributed by atoms with Crippen LogP contribution < -0.4 is 5.56 Å². The number of alkyl halides is 1. The Labute approximate surface area is 128 Å². The second kappa shape index (κ2) is 6.64. The summed E-state index contributed by atoms with van der Waals surface area (Å²) >= 11 is 8.00. The Balaban J connectivity index is 2.58. The molecule has 2 atom stereocenters. The number of aromatic nitrogens is 2. The Kier molecular flexibility index (Phi) is 5.11. The van der Waals surface area contributed by atoms with Gasteiger partial charge in [-0.15, -0.1) is 11.6 Å². The van der Waals surface area contributed by atoms with E-state index in [2.05, 4.69) is 18.2 Å². The lowest BCUT2D eigenvalue weighted by molar-refractivity contribution is 0.496. The summed E-state index contributed by atoms with van der Waals surface area (Å²) in [6.45, 7) is 4.65. The van der Waals surface area contributed by atoms with Crippen LogP contribution in [0.5, 0.6) is 0 Å². The number of benzene rings is 1. The Morgan fingerprint density at radius 1 is 1.35 bits per heavy atom. The quantitative estimate of drug-likeness (QED) is 0.790. The molecule has 0 saturated carbocycles. The summed E-state index contributed by atoms with van der Waals surface area (Å²) in [6.07, 6.45) is 2.07. The fraction of sp³-hybridized carbons (Fsp3) is 0.467. The highest BCUT2D eigenvalue weighted by Gasteiger charge is 2.16. The first-order valence-electron chi connectivity index (χ1n) is 6.67. The summed E-state index contributed by atoms with van der Waals surface area (Å²) < 4.78 is 1.74. The van der Waals surface area contributed by atoms with E-state index in [1.807, 2.05) is 31.2 Å². The van der Waals surface area contributed by atoms with Crippen molar-refractivity contribution in [2.75, 3.05) is 12.0 Å².